The Hall–Kier alpha value is -1.09. The number of alkyl halides is 1. The normalized spacial score (nSPS) is 9.77. The summed E-state index contributed by atoms with van der Waals surface area (Å²) in [6.45, 7) is 1.75. The SMILES string of the molecule is Cc1cc(F)cc(NC(=O)CCl)c1. The maximum absolute atomic E-state index is 12.8. The molecule has 0 saturated heterocycles. The number of carbonyl (C=O) groups excluding carboxylic acids is 1. The summed E-state index contributed by atoms with van der Waals surface area (Å²) in [7, 11) is 0. The van der Waals surface area contributed by atoms with Gasteiger partial charge in [-0.2, -0.15) is 0 Å². The summed E-state index contributed by atoms with van der Waals surface area (Å²) >= 11 is 5.28. The number of hydrogen-bond acceptors (Lipinski definition) is 1. The number of nitrogens with one attached hydrogen (secondary N) is 1. The number of halogens is 2. The molecule has 0 fully saturated rings. The molecule has 1 N–H and O–H groups in total. The quantitative estimate of drug-likeness (QED) is 0.731. The minimum Gasteiger partial charge on any atom is -0.325 e. The van der Waals surface area contributed by atoms with E-state index < -0.39 is 0 Å². The lowest BCUT2D eigenvalue weighted by atomic mass is 10.2. The van der Waals surface area contributed by atoms with Crippen LogP contribution in [0.3, 0.4) is 0 Å². The predicted molar refractivity (Wildman–Crippen MR) is 50.5 cm³/mol. The molecule has 0 spiro atoms. The highest BCUT2D eigenvalue weighted by Gasteiger charge is 2.01. The van der Waals surface area contributed by atoms with Crippen LogP contribution in [0.25, 0.3) is 0 Å². The van der Waals surface area contributed by atoms with Crippen LogP contribution in [0.1, 0.15) is 5.56 Å². The molecule has 0 heterocycles. The third kappa shape index (κ3) is 3.03. The van der Waals surface area contributed by atoms with Crippen LogP contribution in [0.2, 0.25) is 0 Å². The van der Waals surface area contributed by atoms with Gasteiger partial charge in [-0.25, -0.2) is 4.39 Å². The first kappa shape index (κ1) is 9.99. The molecular weight excluding hydrogens is 193 g/mol. The second-order valence-corrected chi connectivity index (χ2v) is 2.97. The van der Waals surface area contributed by atoms with E-state index >= 15 is 0 Å². The van der Waals surface area contributed by atoms with Gasteiger partial charge in [-0.15, -0.1) is 11.6 Å². The summed E-state index contributed by atoms with van der Waals surface area (Å²) in [5.74, 6) is -0.841. The molecule has 0 aliphatic rings. The van der Waals surface area contributed by atoms with Gasteiger partial charge in [0, 0.05) is 5.69 Å². The molecule has 0 aromatic heterocycles. The van der Waals surface area contributed by atoms with Crippen molar-refractivity contribution >= 4 is 23.2 Å². The summed E-state index contributed by atoms with van der Waals surface area (Å²) < 4.78 is 12.8. The molecule has 1 aromatic carbocycles. The number of benzene rings is 1. The predicted octanol–water partition coefficient (Wildman–Crippen LogP) is 2.31. The molecule has 0 radical (unpaired) electrons. The average Bonchev–Trinajstić information content (AvgIpc) is 2.02. The van der Waals surface area contributed by atoms with Gasteiger partial charge in [-0.3, -0.25) is 4.79 Å². The Morgan fingerprint density at radius 1 is 1.54 bits per heavy atom. The van der Waals surface area contributed by atoms with Gasteiger partial charge in [-0.05, 0) is 30.7 Å². The van der Waals surface area contributed by atoms with Crippen LogP contribution in [-0.2, 0) is 4.79 Å². The van der Waals surface area contributed by atoms with Gasteiger partial charge in [0.15, 0.2) is 0 Å². The molecule has 2 nitrogen and oxygen atoms in total. The van der Waals surface area contributed by atoms with Crippen molar-refractivity contribution in [3.8, 4) is 0 Å². The average molecular weight is 202 g/mol. The first-order valence-electron chi connectivity index (χ1n) is 3.75. The number of rotatable bonds is 2. The van der Waals surface area contributed by atoms with E-state index in [1.165, 1.54) is 12.1 Å². The van der Waals surface area contributed by atoms with E-state index in [-0.39, 0.29) is 17.6 Å². The highest BCUT2D eigenvalue weighted by Crippen LogP contribution is 2.12. The smallest absolute Gasteiger partial charge is 0.239 e. The van der Waals surface area contributed by atoms with E-state index in [9.17, 15) is 9.18 Å². The van der Waals surface area contributed by atoms with Crippen LogP contribution in [0, 0.1) is 12.7 Å². The summed E-state index contributed by atoms with van der Waals surface area (Å²) in [6.07, 6.45) is 0. The second kappa shape index (κ2) is 4.23. The molecule has 70 valence electrons. The fraction of sp³-hybridized carbons (Fsp3) is 0.222. The topological polar surface area (TPSA) is 29.1 Å². The molecule has 0 atom stereocenters. The zero-order chi connectivity index (χ0) is 9.84. The summed E-state index contributed by atoms with van der Waals surface area (Å²) in [4.78, 5) is 10.8. The summed E-state index contributed by atoms with van der Waals surface area (Å²) in [5.41, 5.74) is 1.19. The van der Waals surface area contributed by atoms with Crippen LogP contribution >= 0.6 is 11.6 Å². The van der Waals surface area contributed by atoms with Gasteiger partial charge in [-0.1, -0.05) is 0 Å². The fourth-order valence-electron chi connectivity index (χ4n) is 1.00. The Labute approximate surface area is 80.7 Å². The van der Waals surface area contributed by atoms with Crippen LogP contribution in [0.5, 0.6) is 0 Å². The fourth-order valence-corrected chi connectivity index (χ4v) is 1.07. The molecule has 0 aliphatic carbocycles. The highest BCUT2D eigenvalue weighted by molar-refractivity contribution is 6.29. The highest BCUT2D eigenvalue weighted by atomic mass is 35.5. The van der Waals surface area contributed by atoms with Crippen molar-refractivity contribution in [2.75, 3.05) is 11.2 Å². The number of anilines is 1. The van der Waals surface area contributed by atoms with Crippen molar-refractivity contribution in [3.63, 3.8) is 0 Å². The number of amides is 1. The first-order valence-corrected chi connectivity index (χ1v) is 4.28. The van der Waals surface area contributed by atoms with Gasteiger partial charge in [0.2, 0.25) is 5.91 Å². The van der Waals surface area contributed by atoms with Gasteiger partial charge in [0.1, 0.15) is 11.7 Å². The third-order valence-electron chi connectivity index (χ3n) is 1.45. The second-order valence-electron chi connectivity index (χ2n) is 2.70. The standard InChI is InChI=1S/C9H9ClFNO/c1-6-2-7(11)4-8(3-6)12-9(13)5-10/h2-4H,5H2,1H3,(H,12,13). The van der Waals surface area contributed by atoms with Crippen molar-refractivity contribution in [1.82, 2.24) is 0 Å². The van der Waals surface area contributed by atoms with Gasteiger partial charge < -0.3 is 5.32 Å². The Balaban J connectivity index is 2.83. The number of hydrogen-bond donors (Lipinski definition) is 1. The Morgan fingerprint density at radius 3 is 2.77 bits per heavy atom. The number of carbonyl (C=O) groups is 1. The molecule has 1 aromatic rings. The largest absolute Gasteiger partial charge is 0.325 e. The molecule has 13 heavy (non-hydrogen) atoms. The zero-order valence-electron chi connectivity index (χ0n) is 7.10. The minimum absolute atomic E-state index is 0.129. The van der Waals surface area contributed by atoms with Gasteiger partial charge in [0.05, 0.1) is 0 Å². The number of aryl methyl sites for hydroxylation is 1. The van der Waals surface area contributed by atoms with Crippen LogP contribution in [0.15, 0.2) is 18.2 Å². The van der Waals surface area contributed by atoms with E-state index in [2.05, 4.69) is 5.32 Å². The maximum Gasteiger partial charge on any atom is 0.239 e. The summed E-state index contributed by atoms with van der Waals surface area (Å²) in [6, 6.07) is 4.31. The molecule has 0 unspecified atom stereocenters. The lowest BCUT2D eigenvalue weighted by molar-refractivity contribution is -0.113. The lowest BCUT2D eigenvalue weighted by Crippen LogP contribution is -2.12. The molecule has 1 rings (SSSR count). The summed E-state index contributed by atoms with van der Waals surface area (Å²) in [5, 5.41) is 2.46. The van der Waals surface area contributed by atoms with E-state index in [1.807, 2.05) is 0 Å². The molecule has 4 heteroatoms. The van der Waals surface area contributed by atoms with Crippen molar-refractivity contribution in [1.29, 1.82) is 0 Å². The van der Waals surface area contributed by atoms with Crippen LogP contribution < -0.4 is 5.32 Å². The molecule has 0 aliphatic heterocycles. The van der Waals surface area contributed by atoms with Gasteiger partial charge >= 0.3 is 0 Å². The van der Waals surface area contributed by atoms with Crippen molar-refractivity contribution in [2.45, 2.75) is 6.92 Å². The zero-order valence-corrected chi connectivity index (χ0v) is 7.86. The molecular formula is C9H9ClFNO. The van der Waals surface area contributed by atoms with E-state index in [0.717, 1.165) is 5.56 Å². The maximum atomic E-state index is 12.8. The lowest BCUT2D eigenvalue weighted by Gasteiger charge is -2.03. The Bertz CT molecular complexity index is 307. The van der Waals surface area contributed by atoms with E-state index in [4.69, 9.17) is 11.6 Å². The molecule has 1 amide bonds. The Kier molecular flexibility index (Phi) is 3.25. The first-order chi connectivity index (χ1) is 6.11. The third-order valence-corrected chi connectivity index (χ3v) is 1.69. The van der Waals surface area contributed by atoms with Gasteiger partial charge in [0.25, 0.3) is 0 Å². The van der Waals surface area contributed by atoms with Crippen molar-refractivity contribution < 1.29 is 9.18 Å². The van der Waals surface area contributed by atoms with Crippen LogP contribution in [0.4, 0.5) is 10.1 Å². The Morgan fingerprint density at radius 2 is 2.23 bits per heavy atom. The molecule has 0 bridgehead atoms. The van der Waals surface area contributed by atoms with E-state index in [1.54, 1.807) is 13.0 Å². The molecule has 0 saturated carbocycles. The van der Waals surface area contributed by atoms with E-state index in [0.29, 0.717) is 5.69 Å². The minimum atomic E-state index is -0.370. The van der Waals surface area contributed by atoms with Crippen molar-refractivity contribution in [2.24, 2.45) is 0 Å². The van der Waals surface area contributed by atoms with Crippen molar-refractivity contribution in [3.05, 3.63) is 29.6 Å². The monoisotopic (exact) mass is 201 g/mol. The van der Waals surface area contributed by atoms with Crippen LogP contribution in [-0.4, -0.2) is 11.8 Å².